The van der Waals surface area contributed by atoms with Gasteiger partial charge in [0.15, 0.2) is 0 Å². The number of fused-ring (bicyclic) bond motifs is 1. The number of nitrogens with zero attached hydrogens (tertiary/aromatic N) is 3. The molecule has 0 aliphatic carbocycles. The Bertz CT molecular complexity index is 460. The highest BCUT2D eigenvalue weighted by Gasteiger charge is 2.26. The van der Waals surface area contributed by atoms with Crippen LogP contribution in [0.3, 0.4) is 0 Å². The third-order valence-electron chi connectivity index (χ3n) is 3.18. The quantitative estimate of drug-likeness (QED) is 0.777. The van der Waals surface area contributed by atoms with Gasteiger partial charge in [0, 0.05) is 12.0 Å². The van der Waals surface area contributed by atoms with Crippen LogP contribution in [0.2, 0.25) is 0 Å². The second-order valence-electron chi connectivity index (χ2n) is 4.60. The van der Waals surface area contributed by atoms with E-state index in [1.54, 1.807) is 4.90 Å². The molecule has 6 heteroatoms. The van der Waals surface area contributed by atoms with E-state index in [0.717, 1.165) is 30.5 Å². The number of carbonyl (C=O) groups excluding carboxylic acids is 1. The van der Waals surface area contributed by atoms with Crippen LogP contribution in [0.5, 0.6) is 0 Å². The predicted molar refractivity (Wildman–Crippen MR) is 69.3 cm³/mol. The number of nitrogen functional groups attached to an aromatic ring is 2. The van der Waals surface area contributed by atoms with Crippen molar-refractivity contribution in [3.63, 3.8) is 0 Å². The van der Waals surface area contributed by atoms with Gasteiger partial charge in [0.1, 0.15) is 5.82 Å². The Labute approximate surface area is 106 Å². The van der Waals surface area contributed by atoms with E-state index >= 15 is 0 Å². The summed E-state index contributed by atoms with van der Waals surface area (Å²) in [6, 6.07) is 0. The topological polar surface area (TPSA) is 98.1 Å². The molecule has 0 saturated carbocycles. The van der Waals surface area contributed by atoms with Crippen LogP contribution < -0.4 is 11.5 Å². The van der Waals surface area contributed by atoms with E-state index in [-0.39, 0.29) is 11.9 Å². The lowest BCUT2D eigenvalue weighted by atomic mass is 10.2. The largest absolute Gasteiger partial charge is 0.383 e. The SMILES string of the molecule is CCCCCC(=O)N1Cc2nc(N)nc(N)c2C1. The summed E-state index contributed by atoms with van der Waals surface area (Å²) in [6.45, 7) is 3.12. The van der Waals surface area contributed by atoms with Gasteiger partial charge in [-0.15, -0.1) is 0 Å². The molecule has 0 radical (unpaired) electrons. The first kappa shape index (κ1) is 12.6. The molecule has 1 aliphatic heterocycles. The monoisotopic (exact) mass is 249 g/mol. The zero-order chi connectivity index (χ0) is 13.1. The van der Waals surface area contributed by atoms with Gasteiger partial charge in [-0.3, -0.25) is 4.79 Å². The van der Waals surface area contributed by atoms with Crippen LogP contribution in [-0.4, -0.2) is 20.8 Å². The summed E-state index contributed by atoms with van der Waals surface area (Å²) >= 11 is 0. The molecule has 4 N–H and O–H groups in total. The molecule has 0 aromatic carbocycles. The Morgan fingerprint density at radius 1 is 1.28 bits per heavy atom. The molecule has 1 aliphatic rings. The first-order chi connectivity index (χ1) is 8.61. The Hall–Kier alpha value is -1.85. The zero-order valence-electron chi connectivity index (χ0n) is 10.6. The standard InChI is InChI=1S/C12H19N5O/c1-2-3-4-5-10(18)17-6-8-9(7-17)15-12(14)16-11(8)13/h2-7H2,1H3,(H4,13,14,15,16). The molecule has 0 spiro atoms. The number of carbonyl (C=O) groups is 1. The molecule has 2 heterocycles. The highest BCUT2D eigenvalue weighted by atomic mass is 16.2. The zero-order valence-corrected chi connectivity index (χ0v) is 10.6. The Morgan fingerprint density at radius 2 is 2.06 bits per heavy atom. The third-order valence-corrected chi connectivity index (χ3v) is 3.18. The first-order valence-electron chi connectivity index (χ1n) is 6.30. The predicted octanol–water partition coefficient (Wildman–Crippen LogP) is 1.06. The lowest BCUT2D eigenvalue weighted by molar-refractivity contribution is -0.131. The number of hydrogen-bond acceptors (Lipinski definition) is 5. The fraction of sp³-hybridized carbons (Fsp3) is 0.583. The first-order valence-corrected chi connectivity index (χ1v) is 6.30. The van der Waals surface area contributed by atoms with Crippen LogP contribution in [0.15, 0.2) is 0 Å². The summed E-state index contributed by atoms with van der Waals surface area (Å²) in [5.74, 6) is 0.715. The molecule has 0 saturated heterocycles. The van der Waals surface area contributed by atoms with Gasteiger partial charge in [0.25, 0.3) is 0 Å². The highest BCUT2D eigenvalue weighted by molar-refractivity contribution is 5.77. The number of nitrogens with two attached hydrogens (primary N) is 2. The fourth-order valence-corrected chi connectivity index (χ4v) is 2.16. The summed E-state index contributed by atoms with van der Waals surface area (Å²) in [7, 11) is 0. The Balaban J connectivity index is 2.01. The van der Waals surface area contributed by atoms with E-state index in [0.29, 0.717) is 25.3 Å². The van der Waals surface area contributed by atoms with Crippen molar-refractivity contribution in [1.82, 2.24) is 14.9 Å². The lowest BCUT2D eigenvalue weighted by Gasteiger charge is -2.14. The molecule has 1 amide bonds. The van der Waals surface area contributed by atoms with E-state index in [2.05, 4.69) is 16.9 Å². The minimum Gasteiger partial charge on any atom is -0.383 e. The normalized spacial score (nSPS) is 13.7. The van der Waals surface area contributed by atoms with Crippen LogP contribution in [-0.2, 0) is 17.9 Å². The van der Waals surface area contributed by atoms with Gasteiger partial charge in [-0.05, 0) is 6.42 Å². The number of rotatable bonds is 4. The minimum atomic E-state index is 0.152. The van der Waals surface area contributed by atoms with Crippen LogP contribution in [0.4, 0.5) is 11.8 Å². The second kappa shape index (κ2) is 5.20. The van der Waals surface area contributed by atoms with Gasteiger partial charge in [0.05, 0.1) is 18.8 Å². The molecule has 0 atom stereocenters. The van der Waals surface area contributed by atoms with Gasteiger partial charge < -0.3 is 16.4 Å². The van der Waals surface area contributed by atoms with E-state index in [4.69, 9.17) is 11.5 Å². The molecule has 18 heavy (non-hydrogen) atoms. The average molecular weight is 249 g/mol. The van der Waals surface area contributed by atoms with E-state index < -0.39 is 0 Å². The minimum absolute atomic E-state index is 0.152. The summed E-state index contributed by atoms with van der Waals surface area (Å²) in [4.78, 5) is 21.8. The summed E-state index contributed by atoms with van der Waals surface area (Å²) in [5, 5.41) is 0. The average Bonchev–Trinajstić information content (AvgIpc) is 2.73. The molecular weight excluding hydrogens is 230 g/mol. The van der Waals surface area contributed by atoms with Crippen LogP contribution in [0, 0.1) is 0 Å². The van der Waals surface area contributed by atoms with Crippen molar-refractivity contribution < 1.29 is 4.79 Å². The number of anilines is 2. The van der Waals surface area contributed by atoms with Crippen molar-refractivity contribution >= 4 is 17.7 Å². The van der Waals surface area contributed by atoms with Crippen LogP contribution >= 0.6 is 0 Å². The highest BCUT2D eigenvalue weighted by Crippen LogP contribution is 2.26. The summed E-state index contributed by atoms with van der Waals surface area (Å²) < 4.78 is 0. The van der Waals surface area contributed by atoms with E-state index in [1.807, 2.05) is 0 Å². The molecule has 6 nitrogen and oxygen atoms in total. The van der Waals surface area contributed by atoms with Gasteiger partial charge >= 0.3 is 0 Å². The molecule has 0 fully saturated rings. The van der Waals surface area contributed by atoms with Gasteiger partial charge in [-0.2, -0.15) is 4.98 Å². The second-order valence-corrected chi connectivity index (χ2v) is 4.60. The summed E-state index contributed by atoms with van der Waals surface area (Å²) in [6.07, 6.45) is 3.72. The van der Waals surface area contributed by atoms with Crippen molar-refractivity contribution in [2.24, 2.45) is 0 Å². The van der Waals surface area contributed by atoms with E-state index in [1.165, 1.54) is 0 Å². The maximum absolute atomic E-state index is 12.0. The van der Waals surface area contributed by atoms with Crippen molar-refractivity contribution in [3.05, 3.63) is 11.3 Å². The lowest BCUT2D eigenvalue weighted by Crippen LogP contribution is -2.25. The Morgan fingerprint density at radius 3 is 2.78 bits per heavy atom. The molecule has 1 aromatic heterocycles. The van der Waals surface area contributed by atoms with Crippen LogP contribution in [0.25, 0.3) is 0 Å². The molecule has 0 bridgehead atoms. The number of amides is 1. The number of aromatic nitrogens is 2. The molecular formula is C12H19N5O. The van der Waals surface area contributed by atoms with Crippen molar-refractivity contribution in [2.45, 2.75) is 45.7 Å². The number of hydrogen-bond donors (Lipinski definition) is 2. The van der Waals surface area contributed by atoms with Crippen molar-refractivity contribution in [3.8, 4) is 0 Å². The Kier molecular flexibility index (Phi) is 3.64. The summed E-state index contributed by atoms with van der Waals surface area (Å²) in [5.41, 5.74) is 13.0. The third kappa shape index (κ3) is 2.52. The molecule has 0 unspecified atom stereocenters. The van der Waals surface area contributed by atoms with Gasteiger partial charge in [-0.1, -0.05) is 19.8 Å². The fourth-order valence-electron chi connectivity index (χ4n) is 2.16. The van der Waals surface area contributed by atoms with E-state index in [9.17, 15) is 4.79 Å². The van der Waals surface area contributed by atoms with Crippen molar-refractivity contribution in [1.29, 1.82) is 0 Å². The molecule has 98 valence electrons. The van der Waals surface area contributed by atoms with Crippen LogP contribution in [0.1, 0.15) is 43.9 Å². The number of unbranched alkanes of at least 4 members (excludes halogenated alkanes) is 2. The van der Waals surface area contributed by atoms with Gasteiger partial charge in [-0.25, -0.2) is 4.98 Å². The maximum atomic E-state index is 12.0. The maximum Gasteiger partial charge on any atom is 0.223 e. The van der Waals surface area contributed by atoms with Crippen molar-refractivity contribution in [2.75, 3.05) is 11.5 Å². The molecule has 2 rings (SSSR count). The van der Waals surface area contributed by atoms with Gasteiger partial charge in [0.2, 0.25) is 11.9 Å². The smallest absolute Gasteiger partial charge is 0.223 e. The molecule has 1 aromatic rings.